The molecule has 2 atom stereocenters. The van der Waals surface area contributed by atoms with Gasteiger partial charge in [0.2, 0.25) is 5.91 Å². The molecule has 0 aromatic rings. The van der Waals surface area contributed by atoms with Gasteiger partial charge in [-0.2, -0.15) is 0 Å². The van der Waals surface area contributed by atoms with E-state index in [0.29, 0.717) is 6.42 Å². The molecule has 4 heteroatoms. The van der Waals surface area contributed by atoms with Crippen LogP contribution in [0.1, 0.15) is 46.5 Å². The Morgan fingerprint density at radius 3 is 2.38 bits per heavy atom. The fourth-order valence-electron chi connectivity index (χ4n) is 1.95. The third-order valence-corrected chi connectivity index (χ3v) is 3.04. The number of carbonyl (C=O) groups excluding carboxylic acids is 1. The van der Waals surface area contributed by atoms with Crippen LogP contribution in [0.3, 0.4) is 0 Å². The van der Waals surface area contributed by atoms with Gasteiger partial charge in [-0.25, -0.2) is 0 Å². The molecule has 1 rings (SSSR count). The van der Waals surface area contributed by atoms with E-state index in [0.717, 1.165) is 19.3 Å². The fraction of sp³-hybridized carbons (Fsp3) is 0.833. The van der Waals surface area contributed by atoms with Crippen LogP contribution in [0.2, 0.25) is 0 Å². The number of carboxylic acid groups (broad SMARTS) is 1. The zero-order chi connectivity index (χ0) is 12.3. The minimum atomic E-state index is -0.741. The van der Waals surface area contributed by atoms with Gasteiger partial charge in [0.15, 0.2) is 0 Å². The zero-order valence-electron chi connectivity index (χ0n) is 10.2. The Labute approximate surface area is 96.4 Å². The maximum absolute atomic E-state index is 11.8. The Hall–Kier alpha value is -1.06. The van der Waals surface area contributed by atoms with E-state index in [9.17, 15) is 9.59 Å². The first-order chi connectivity index (χ1) is 7.30. The lowest BCUT2D eigenvalue weighted by Crippen LogP contribution is -2.44. The molecule has 1 aliphatic carbocycles. The molecule has 1 aliphatic rings. The number of nitrogens with one attached hydrogen (secondary N) is 1. The molecule has 16 heavy (non-hydrogen) atoms. The molecule has 0 bridgehead atoms. The lowest BCUT2D eigenvalue weighted by atomic mass is 9.85. The molecule has 4 nitrogen and oxygen atoms in total. The SMILES string of the molecule is CC(C)(C)C(=O)NC1CCCC(C(=O)O)C1. The van der Waals surface area contributed by atoms with Crippen molar-refractivity contribution in [2.24, 2.45) is 11.3 Å². The zero-order valence-corrected chi connectivity index (χ0v) is 10.2. The maximum Gasteiger partial charge on any atom is 0.306 e. The Bertz CT molecular complexity index is 280. The molecule has 1 amide bonds. The average Bonchev–Trinajstić information content (AvgIpc) is 2.16. The van der Waals surface area contributed by atoms with Crippen molar-refractivity contribution in [1.29, 1.82) is 0 Å². The van der Waals surface area contributed by atoms with Crippen LogP contribution < -0.4 is 5.32 Å². The van der Waals surface area contributed by atoms with Crippen molar-refractivity contribution >= 4 is 11.9 Å². The van der Waals surface area contributed by atoms with Gasteiger partial charge < -0.3 is 10.4 Å². The summed E-state index contributed by atoms with van der Waals surface area (Å²) in [7, 11) is 0. The third kappa shape index (κ3) is 3.51. The van der Waals surface area contributed by atoms with Gasteiger partial charge in [-0.3, -0.25) is 9.59 Å². The minimum absolute atomic E-state index is 0.00328. The predicted molar refractivity (Wildman–Crippen MR) is 61.0 cm³/mol. The summed E-state index contributed by atoms with van der Waals surface area (Å²) >= 11 is 0. The van der Waals surface area contributed by atoms with E-state index in [1.165, 1.54) is 0 Å². The van der Waals surface area contributed by atoms with Crippen molar-refractivity contribution in [3.8, 4) is 0 Å². The number of hydrogen-bond acceptors (Lipinski definition) is 2. The van der Waals surface area contributed by atoms with Crippen LogP contribution in [0.5, 0.6) is 0 Å². The van der Waals surface area contributed by atoms with Crippen molar-refractivity contribution in [2.75, 3.05) is 0 Å². The highest BCUT2D eigenvalue weighted by molar-refractivity contribution is 5.81. The van der Waals surface area contributed by atoms with E-state index >= 15 is 0 Å². The number of amides is 1. The highest BCUT2D eigenvalue weighted by Crippen LogP contribution is 2.25. The van der Waals surface area contributed by atoms with E-state index in [1.807, 2.05) is 20.8 Å². The fourth-order valence-corrected chi connectivity index (χ4v) is 1.95. The predicted octanol–water partition coefficient (Wildman–Crippen LogP) is 1.79. The van der Waals surface area contributed by atoms with Crippen LogP contribution in [0.25, 0.3) is 0 Å². The Morgan fingerprint density at radius 1 is 1.25 bits per heavy atom. The lowest BCUT2D eigenvalue weighted by Gasteiger charge is -2.30. The van der Waals surface area contributed by atoms with Crippen molar-refractivity contribution in [1.82, 2.24) is 5.32 Å². The minimum Gasteiger partial charge on any atom is -0.481 e. The number of carbonyl (C=O) groups is 2. The first-order valence-corrected chi connectivity index (χ1v) is 5.84. The number of aliphatic carboxylic acids is 1. The molecule has 0 radical (unpaired) electrons. The molecule has 1 saturated carbocycles. The summed E-state index contributed by atoms with van der Waals surface area (Å²) < 4.78 is 0. The standard InChI is InChI=1S/C12H21NO3/c1-12(2,3)11(16)13-9-6-4-5-8(7-9)10(14)15/h8-9H,4-7H2,1-3H3,(H,13,16)(H,14,15). The summed E-state index contributed by atoms with van der Waals surface area (Å²) in [5.74, 6) is -1.03. The smallest absolute Gasteiger partial charge is 0.306 e. The van der Waals surface area contributed by atoms with Gasteiger partial charge in [-0.05, 0) is 19.3 Å². The van der Waals surface area contributed by atoms with Crippen LogP contribution >= 0.6 is 0 Å². The van der Waals surface area contributed by atoms with Crippen LogP contribution in [0.4, 0.5) is 0 Å². The maximum atomic E-state index is 11.8. The van der Waals surface area contributed by atoms with Crippen LogP contribution in [0.15, 0.2) is 0 Å². The van der Waals surface area contributed by atoms with Gasteiger partial charge in [0.05, 0.1) is 5.92 Å². The number of carboxylic acids is 1. The summed E-state index contributed by atoms with van der Waals surface area (Å²) in [6.07, 6.45) is 3.08. The monoisotopic (exact) mass is 227 g/mol. The van der Waals surface area contributed by atoms with Crippen molar-refractivity contribution in [3.05, 3.63) is 0 Å². The molecule has 2 unspecified atom stereocenters. The largest absolute Gasteiger partial charge is 0.481 e. The summed E-state index contributed by atoms with van der Waals surface area (Å²) in [6.45, 7) is 5.58. The topological polar surface area (TPSA) is 66.4 Å². The molecule has 0 spiro atoms. The molecule has 0 saturated heterocycles. The van der Waals surface area contributed by atoms with Crippen LogP contribution in [0, 0.1) is 11.3 Å². The van der Waals surface area contributed by atoms with E-state index < -0.39 is 11.4 Å². The molecular formula is C12H21NO3. The quantitative estimate of drug-likeness (QED) is 0.755. The van der Waals surface area contributed by atoms with Crippen LogP contribution in [-0.4, -0.2) is 23.0 Å². The van der Waals surface area contributed by atoms with Gasteiger partial charge in [-0.15, -0.1) is 0 Å². The Morgan fingerprint density at radius 2 is 1.88 bits per heavy atom. The number of rotatable bonds is 2. The van der Waals surface area contributed by atoms with E-state index in [4.69, 9.17) is 5.11 Å². The van der Waals surface area contributed by atoms with Gasteiger partial charge in [0.25, 0.3) is 0 Å². The molecule has 1 fully saturated rings. The average molecular weight is 227 g/mol. The summed E-state index contributed by atoms with van der Waals surface area (Å²) in [6, 6.07) is 0.0292. The van der Waals surface area contributed by atoms with Gasteiger partial charge in [-0.1, -0.05) is 27.2 Å². The highest BCUT2D eigenvalue weighted by atomic mass is 16.4. The molecule has 92 valence electrons. The summed E-state index contributed by atoms with van der Waals surface area (Å²) in [5, 5.41) is 11.9. The lowest BCUT2D eigenvalue weighted by molar-refractivity contribution is -0.143. The molecule has 0 aromatic carbocycles. The highest BCUT2D eigenvalue weighted by Gasteiger charge is 2.30. The second-order valence-corrected chi connectivity index (χ2v) is 5.62. The second-order valence-electron chi connectivity index (χ2n) is 5.62. The molecule has 0 aromatic heterocycles. The van der Waals surface area contributed by atoms with Crippen molar-refractivity contribution < 1.29 is 14.7 Å². The second kappa shape index (κ2) is 4.85. The van der Waals surface area contributed by atoms with Gasteiger partial charge >= 0.3 is 5.97 Å². The summed E-state index contributed by atoms with van der Waals surface area (Å²) in [5.41, 5.74) is -0.407. The van der Waals surface area contributed by atoms with Crippen molar-refractivity contribution in [2.45, 2.75) is 52.5 Å². The van der Waals surface area contributed by atoms with E-state index in [1.54, 1.807) is 0 Å². The van der Waals surface area contributed by atoms with Gasteiger partial charge in [0.1, 0.15) is 0 Å². The van der Waals surface area contributed by atoms with Crippen LogP contribution in [-0.2, 0) is 9.59 Å². The van der Waals surface area contributed by atoms with Crippen molar-refractivity contribution in [3.63, 3.8) is 0 Å². The van der Waals surface area contributed by atoms with Gasteiger partial charge in [0, 0.05) is 11.5 Å². The Balaban J connectivity index is 2.49. The molecule has 0 heterocycles. The molecular weight excluding hydrogens is 206 g/mol. The summed E-state index contributed by atoms with van der Waals surface area (Å²) in [4.78, 5) is 22.6. The first-order valence-electron chi connectivity index (χ1n) is 5.84. The molecule has 2 N–H and O–H groups in total. The Kier molecular flexibility index (Phi) is 3.94. The normalized spacial score (nSPS) is 26.2. The first kappa shape index (κ1) is 13.0. The van der Waals surface area contributed by atoms with E-state index in [2.05, 4.69) is 5.32 Å². The van der Waals surface area contributed by atoms with E-state index in [-0.39, 0.29) is 17.9 Å². The third-order valence-electron chi connectivity index (χ3n) is 3.04. The molecule has 0 aliphatic heterocycles. The number of hydrogen-bond donors (Lipinski definition) is 2.